The lowest BCUT2D eigenvalue weighted by Crippen LogP contribution is -2.19. The van der Waals surface area contributed by atoms with Crippen molar-refractivity contribution in [3.8, 4) is 22.1 Å². The Labute approximate surface area is 136 Å². The van der Waals surface area contributed by atoms with Crippen molar-refractivity contribution in [3.05, 3.63) is 27.7 Å². The summed E-state index contributed by atoms with van der Waals surface area (Å²) >= 11 is 5.18. The Morgan fingerprint density at radius 3 is 3.10 bits per heavy atom. The van der Waals surface area contributed by atoms with Gasteiger partial charge in [-0.25, -0.2) is 4.98 Å². The molecular formula is C15H17BrN2O2S. The monoisotopic (exact) mass is 368 g/mol. The summed E-state index contributed by atoms with van der Waals surface area (Å²) in [5, 5.41) is 6.56. The van der Waals surface area contributed by atoms with E-state index >= 15 is 0 Å². The first-order valence-electron chi connectivity index (χ1n) is 6.97. The zero-order valence-corrected chi connectivity index (χ0v) is 14.4. The molecule has 1 aliphatic rings. The van der Waals surface area contributed by atoms with Crippen molar-refractivity contribution in [1.29, 1.82) is 0 Å². The van der Waals surface area contributed by atoms with Gasteiger partial charge in [0.2, 0.25) is 6.79 Å². The first-order valence-corrected chi connectivity index (χ1v) is 8.64. The van der Waals surface area contributed by atoms with Crippen LogP contribution in [0.5, 0.6) is 11.5 Å². The minimum atomic E-state index is 0.271. The zero-order chi connectivity index (χ0) is 14.8. The van der Waals surface area contributed by atoms with Gasteiger partial charge >= 0.3 is 0 Å². The first kappa shape index (κ1) is 14.8. The van der Waals surface area contributed by atoms with E-state index in [2.05, 4.69) is 40.5 Å². The number of fused-ring (bicyclic) bond motifs is 1. The number of hydrogen-bond acceptors (Lipinski definition) is 5. The quantitative estimate of drug-likeness (QED) is 0.851. The van der Waals surface area contributed by atoms with E-state index in [9.17, 15) is 0 Å². The number of nitrogens with one attached hydrogen (secondary N) is 1. The van der Waals surface area contributed by atoms with Crippen LogP contribution in [0.15, 0.2) is 22.0 Å². The summed E-state index contributed by atoms with van der Waals surface area (Å²) in [5.41, 5.74) is 2.13. The van der Waals surface area contributed by atoms with Gasteiger partial charge in [-0.2, -0.15) is 0 Å². The van der Waals surface area contributed by atoms with Crippen LogP contribution in [0.4, 0.5) is 0 Å². The number of aromatic nitrogens is 1. The molecule has 0 saturated carbocycles. The topological polar surface area (TPSA) is 43.4 Å². The van der Waals surface area contributed by atoms with Gasteiger partial charge in [-0.3, -0.25) is 0 Å². The average molecular weight is 369 g/mol. The number of nitrogens with zero attached hydrogens (tertiary/aromatic N) is 1. The molecule has 0 radical (unpaired) electrons. The number of hydrogen-bond donors (Lipinski definition) is 1. The van der Waals surface area contributed by atoms with E-state index in [4.69, 9.17) is 14.5 Å². The highest BCUT2D eigenvalue weighted by atomic mass is 79.9. The van der Waals surface area contributed by atoms with Gasteiger partial charge in [-0.05, 0) is 48.0 Å². The van der Waals surface area contributed by atoms with Crippen molar-refractivity contribution in [2.45, 2.75) is 26.3 Å². The molecule has 6 heteroatoms. The van der Waals surface area contributed by atoms with E-state index in [-0.39, 0.29) is 12.8 Å². The highest BCUT2D eigenvalue weighted by molar-refractivity contribution is 9.10. The van der Waals surface area contributed by atoms with Crippen LogP contribution < -0.4 is 14.8 Å². The Morgan fingerprint density at radius 2 is 2.29 bits per heavy atom. The molecule has 2 aromatic rings. The Bertz CT molecular complexity index is 645. The van der Waals surface area contributed by atoms with Crippen LogP contribution in [-0.4, -0.2) is 18.3 Å². The van der Waals surface area contributed by atoms with Crippen LogP contribution in [0.2, 0.25) is 0 Å². The largest absolute Gasteiger partial charge is 0.454 e. The van der Waals surface area contributed by atoms with Crippen LogP contribution in [0.3, 0.4) is 0 Å². The molecule has 1 N–H and O–H groups in total. The van der Waals surface area contributed by atoms with E-state index in [1.54, 1.807) is 11.3 Å². The number of thiazole rings is 1. The van der Waals surface area contributed by atoms with Gasteiger partial charge in [0.1, 0.15) is 5.01 Å². The Kier molecular flexibility index (Phi) is 4.47. The average Bonchev–Trinajstić information content (AvgIpc) is 3.13. The van der Waals surface area contributed by atoms with Gasteiger partial charge in [-0.1, -0.05) is 6.92 Å². The maximum Gasteiger partial charge on any atom is 0.231 e. The molecule has 112 valence electrons. The van der Waals surface area contributed by atoms with Gasteiger partial charge in [0, 0.05) is 17.0 Å². The molecule has 4 nitrogen and oxygen atoms in total. The minimum absolute atomic E-state index is 0.271. The molecule has 1 unspecified atom stereocenters. The Balaban J connectivity index is 1.85. The standard InChI is InChI=1S/C15H17BrN2O2S/c1-3-4-17-9(2)12-7-21-15(18-12)10-5-11(16)14-13(6-10)19-8-20-14/h5-7,9,17H,3-4,8H2,1-2H3. The van der Waals surface area contributed by atoms with E-state index in [1.807, 2.05) is 12.1 Å². The molecule has 1 aromatic heterocycles. The van der Waals surface area contributed by atoms with Crippen molar-refractivity contribution >= 4 is 27.3 Å². The van der Waals surface area contributed by atoms with Crippen LogP contribution in [-0.2, 0) is 0 Å². The van der Waals surface area contributed by atoms with Crippen molar-refractivity contribution in [2.75, 3.05) is 13.3 Å². The highest BCUT2D eigenvalue weighted by Crippen LogP contribution is 2.43. The third kappa shape index (κ3) is 3.07. The van der Waals surface area contributed by atoms with Gasteiger partial charge in [0.15, 0.2) is 11.5 Å². The lowest BCUT2D eigenvalue weighted by atomic mass is 10.2. The lowest BCUT2D eigenvalue weighted by molar-refractivity contribution is 0.173. The molecule has 1 aliphatic heterocycles. The fourth-order valence-corrected chi connectivity index (χ4v) is 3.63. The predicted octanol–water partition coefficient (Wildman–Crippen LogP) is 4.36. The second-order valence-corrected chi connectivity index (χ2v) is 6.66. The third-order valence-corrected chi connectivity index (χ3v) is 4.84. The smallest absolute Gasteiger partial charge is 0.231 e. The second kappa shape index (κ2) is 6.34. The lowest BCUT2D eigenvalue weighted by Gasteiger charge is -2.09. The summed E-state index contributed by atoms with van der Waals surface area (Å²) in [6.45, 7) is 5.59. The number of benzene rings is 1. The molecule has 0 amide bonds. The Hall–Kier alpha value is -1.11. The van der Waals surface area contributed by atoms with E-state index in [0.717, 1.165) is 45.2 Å². The van der Waals surface area contributed by atoms with E-state index < -0.39 is 0 Å². The summed E-state index contributed by atoms with van der Waals surface area (Å²) < 4.78 is 11.8. The SMILES string of the molecule is CCCNC(C)c1csc(-c2cc(Br)c3c(c2)OCO3)n1. The molecular weight excluding hydrogens is 352 g/mol. The fraction of sp³-hybridized carbons (Fsp3) is 0.400. The van der Waals surface area contributed by atoms with Gasteiger partial charge in [0.05, 0.1) is 10.2 Å². The van der Waals surface area contributed by atoms with Crippen LogP contribution in [0, 0.1) is 0 Å². The molecule has 0 spiro atoms. The normalized spacial score (nSPS) is 14.4. The van der Waals surface area contributed by atoms with Crippen molar-refractivity contribution in [3.63, 3.8) is 0 Å². The van der Waals surface area contributed by atoms with E-state index in [0.29, 0.717) is 0 Å². The van der Waals surface area contributed by atoms with Crippen molar-refractivity contribution < 1.29 is 9.47 Å². The fourth-order valence-electron chi connectivity index (χ4n) is 2.17. The van der Waals surface area contributed by atoms with Crippen molar-refractivity contribution in [2.24, 2.45) is 0 Å². The molecule has 0 aliphatic carbocycles. The summed E-state index contributed by atoms with van der Waals surface area (Å²) in [7, 11) is 0. The number of rotatable bonds is 5. The third-order valence-electron chi connectivity index (χ3n) is 3.34. The van der Waals surface area contributed by atoms with Crippen LogP contribution in [0.1, 0.15) is 32.0 Å². The maximum absolute atomic E-state index is 5.46. The molecule has 1 aromatic carbocycles. The molecule has 2 heterocycles. The molecule has 0 bridgehead atoms. The molecule has 21 heavy (non-hydrogen) atoms. The predicted molar refractivity (Wildman–Crippen MR) is 88.1 cm³/mol. The maximum atomic E-state index is 5.46. The second-order valence-electron chi connectivity index (χ2n) is 4.95. The number of ether oxygens (including phenoxy) is 2. The zero-order valence-electron chi connectivity index (χ0n) is 12.0. The summed E-state index contributed by atoms with van der Waals surface area (Å²) in [6.07, 6.45) is 1.12. The molecule has 3 rings (SSSR count). The van der Waals surface area contributed by atoms with Crippen LogP contribution in [0.25, 0.3) is 10.6 Å². The van der Waals surface area contributed by atoms with Gasteiger partial charge in [-0.15, -0.1) is 11.3 Å². The first-order chi connectivity index (χ1) is 10.2. The van der Waals surface area contributed by atoms with Crippen molar-refractivity contribution in [1.82, 2.24) is 10.3 Å². The summed E-state index contributed by atoms with van der Waals surface area (Å²) in [4.78, 5) is 4.74. The summed E-state index contributed by atoms with van der Waals surface area (Å²) in [5.74, 6) is 1.54. The van der Waals surface area contributed by atoms with Crippen LogP contribution >= 0.6 is 27.3 Å². The minimum Gasteiger partial charge on any atom is -0.454 e. The molecule has 0 fully saturated rings. The highest BCUT2D eigenvalue weighted by Gasteiger charge is 2.20. The molecule has 0 saturated heterocycles. The Morgan fingerprint density at radius 1 is 1.43 bits per heavy atom. The van der Waals surface area contributed by atoms with E-state index in [1.165, 1.54) is 0 Å². The molecule has 1 atom stereocenters. The van der Waals surface area contributed by atoms with Gasteiger partial charge in [0.25, 0.3) is 0 Å². The summed E-state index contributed by atoms with van der Waals surface area (Å²) in [6, 6.07) is 4.28. The number of halogens is 1. The van der Waals surface area contributed by atoms with Gasteiger partial charge < -0.3 is 14.8 Å².